The molecule has 4 aliphatic heterocycles. The minimum Gasteiger partial charge on any atom is -0.459 e. The molecular formula is C86H118N20O17. The Morgan fingerprint density at radius 3 is 2.22 bits per heavy atom. The fourth-order valence-corrected chi connectivity index (χ4v) is 16.3. The number of piperazine rings is 1. The summed E-state index contributed by atoms with van der Waals surface area (Å²) in [4.78, 5) is 133. The Morgan fingerprint density at radius 1 is 0.764 bits per heavy atom. The van der Waals surface area contributed by atoms with Crippen LogP contribution < -0.4 is 43.0 Å². The van der Waals surface area contributed by atoms with Crippen molar-refractivity contribution in [3.8, 4) is 11.3 Å². The number of carbonyl (C=O) groups is 7. The van der Waals surface area contributed by atoms with E-state index in [0.717, 1.165) is 10.5 Å². The molecular weight excluding hydrogens is 1590 g/mol. The maximum absolute atomic E-state index is 14.7. The van der Waals surface area contributed by atoms with Crippen LogP contribution in [0.2, 0.25) is 0 Å². The number of rotatable bonds is 27. The number of nitrogen functional groups attached to an aromatic ring is 2. The monoisotopic (exact) mass is 1700 g/mol. The van der Waals surface area contributed by atoms with Gasteiger partial charge in [-0.05, 0) is 132 Å². The van der Waals surface area contributed by atoms with Crippen molar-refractivity contribution in [2.75, 3.05) is 120 Å². The number of cyclic esters (lactones) is 1. The number of aliphatic hydroxyl groups is 3. The predicted octanol–water partition coefficient (Wildman–Crippen LogP) is 5.69. The third-order valence-electron chi connectivity index (χ3n) is 23.4. The van der Waals surface area contributed by atoms with Crippen molar-refractivity contribution in [2.45, 2.75) is 198 Å². The topological polar surface area (TPSA) is 517 Å². The number of ketones is 3. The molecule has 123 heavy (non-hydrogen) atoms. The number of allylic oxidation sites excluding steroid dienone is 6. The summed E-state index contributed by atoms with van der Waals surface area (Å²) in [5.41, 5.74) is 23.5. The van der Waals surface area contributed by atoms with Crippen LogP contribution >= 0.6 is 0 Å². The number of fused-ring (bicyclic) bond motifs is 4. The van der Waals surface area contributed by atoms with E-state index in [0.29, 0.717) is 160 Å². The van der Waals surface area contributed by atoms with Crippen LogP contribution in [0.15, 0.2) is 108 Å². The molecule has 11 rings (SSSR count). The molecule has 14 atom stereocenters. The van der Waals surface area contributed by atoms with Gasteiger partial charge >= 0.3 is 5.97 Å². The zero-order valence-corrected chi connectivity index (χ0v) is 71.1. The van der Waals surface area contributed by atoms with Gasteiger partial charge in [0.15, 0.2) is 11.4 Å². The molecule has 5 aromatic heterocycles. The van der Waals surface area contributed by atoms with Crippen molar-refractivity contribution in [1.82, 2.24) is 65.4 Å². The highest BCUT2D eigenvalue weighted by molar-refractivity contribution is 6.39. The number of piperidine rings is 1. The maximum atomic E-state index is 14.7. The highest BCUT2D eigenvalue weighted by Gasteiger charge is 2.50. The van der Waals surface area contributed by atoms with Gasteiger partial charge in [-0.1, -0.05) is 62.4 Å². The second kappa shape index (κ2) is 44.5. The lowest BCUT2D eigenvalue weighted by Gasteiger charge is -2.40. The van der Waals surface area contributed by atoms with Gasteiger partial charge in [-0.25, -0.2) is 39.4 Å². The van der Waals surface area contributed by atoms with E-state index in [1.807, 2.05) is 55.3 Å². The smallest absolute Gasteiger partial charge is 0.329 e. The van der Waals surface area contributed by atoms with Gasteiger partial charge in [-0.2, -0.15) is 4.98 Å². The average Bonchev–Trinajstić information content (AvgIpc) is 1.55. The summed E-state index contributed by atoms with van der Waals surface area (Å²) in [6.07, 6.45) is 19.9. The first kappa shape index (κ1) is 92.9. The summed E-state index contributed by atoms with van der Waals surface area (Å²) >= 11 is 0. The second-order valence-electron chi connectivity index (χ2n) is 32.5. The molecule has 3 amide bonds. The van der Waals surface area contributed by atoms with E-state index >= 15 is 0 Å². The number of oxazole rings is 1. The van der Waals surface area contributed by atoms with E-state index in [1.165, 1.54) is 31.7 Å². The standard InChI is InChI=1S/C86H118N20O17/c1-51-16-9-8-10-17-52(2)68(117-6)43-60-18-15-25-86(116,123-60)77(112)81(114)105-29-14-11-19-65(105)82(115)121-69(44-66(107)53(3)39-55(5)75(110)76(111)74(109)54(4)38-51)61(87)40-56-20-22-64(70(41-56)118-7)106-49-63(101-102-106)58-45-94-84(95-46-58)103-30-32-104(33-31-103)85-96-47-59(48-97-85)80(113)93-28-35-120-37-36-119-34-24-71(108)91-26-12-13-27-92-79-72(78(89)98-50-99-79)73(88)57-21-23-67-62(42-57)100-83(90)122-67/h8-10,16-17,21,23,39,42,45-51,53-54,56,60-61,64-65,68-70,75-76,88,110-111,116H,11-15,18-20,22,24-38,40-41,43-44,87H2,1-7H3,(H2,90,100)(H,91,108)(H,93,113)(H3,89,92,98,99)/b10-8+,16-9+,52-17+,55-39+,88-73?/t51-,53-,54-,56+,60+,61-,64?,65+,68+,69+,70-,75-,76+,86-/m1/s1. The molecule has 9 heterocycles. The summed E-state index contributed by atoms with van der Waals surface area (Å²) < 4.78 is 42.7. The molecule has 5 aliphatic rings. The van der Waals surface area contributed by atoms with Crippen molar-refractivity contribution < 1.29 is 81.7 Å². The number of benzene rings is 1. The van der Waals surface area contributed by atoms with Gasteiger partial charge < -0.3 is 96.0 Å². The number of aliphatic hydroxyl groups excluding tert-OH is 2. The molecule has 37 nitrogen and oxygen atoms in total. The Labute approximate surface area is 714 Å². The number of nitrogens with zero attached hydrogens (tertiary/aromatic N) is 13. The van der Waals surface area contributed by atoms with E-state index in [2.05, 4.69) is 56.1 Å². The lowest BCUT2D eigenvalue weighted by Crippen LogP contribution is -2.58. The van der Waals surface area contributed by atoms with Gasteiger partial charge in [0.05, 0.1) is 73.8 Å². The molecule has 1 aromatic carbocycles. The summed E-state index contributed by atoms with van der Waals surface area (Å²) in [6.45, 7) is 13.1. The Balaban J connectivity index is 0.607. The van der Waals surface area contributed by atoms with Crippen LogP contribution in [0.1, 0.15) is 165 Å². The number of hydrogen-bond acceptors (Lipinski definition) is 33. The number of ether oxygens (including phenoxy) is 6. The van der Waals surface area contributed by atoms with E-state index in [1.54, 1.807) is 63.3 Å². The van der Waals surface area contributed by atoms with E-state index < -0.39 is 89.5 Å². The lowest BCUT2D eigenvalue weighted by atomic mass is 9.79. The van der Waals surface area contributed by atoms with Crippen LogP contribution in [-0.2, 0) is 57.2 Å². The summed E-state index contributed by atoms with van der Waals surface area (Å²) in [6, 6.07) is 2.68. The quantitative estimate of drug-likeness (QED) is 0.00973. The first-order valence-corrected chi connectivity index (χ1v) is 42.4. The average molecular weight is 1700 g/mol. The van der Waals surface area contributed by atoms with Crippen LogP contribution in [0.25, 0.3) is 22.4 Å². The van der Waals surface area contributed by atoms with E-state index in [-0.39, 0.29) is 137 Å². The predicted molar refractivity (Wildman–Crippen MR) is 455 cm³/mol. The van der Waals surface area contributed by atoms with E-state index in [9.17, 15) is 48.9 Å². The first-order valence-electron chi connectivity index (χ1n) is 42.4. The van der Waals surface area contributed by atoms with Gasteiger partial charge in [0.25, 0.3) is 23.6 Å². The molecule has 37 heteroatoms. The molecule has 1 saturated carbocycles. The molecule has 0 radical (unpaired) electrons. The second-order valence-corrected chi connectivity index (χ2v) is 32.5. The SMILES string of the molecule is CO[C@H]1C[C@@H]2CCC[C@@](O)(O2)C(=O)C(=O)N2CCCC[C@H]2C(=O)O[C@H]([C@H](N)C[C@@H]2CCC(n3cc(-c4cnc(N5CCN(c6ncc(C(=O)NCCOCCOCCC(=O)NCCCCNc7ncnc(N)c7C(=N)c7ccc8oc(N)nc8c7)cn6)CC5)nc4)nn3)[C@H](OC)C2)CC(=O)[C@H](C)/C=C(\C)[C@@H](O)[C@@H](O)C(=O)[C@H](C)C[C@H](C)/C=C/C=C/C=C/1C. The largest absolute Gasteiger partial charge is 0.459 e. The van der Waals surface area contributed by atoms with Crippen molar-refractivity contribution in [3.63, 3.8) is 0 Å². The Hall–Kier alpha value is -10.8. The van der Waals surface area contributed by atoms with Crippen LogP contribution in [0.4, 0.5) is 29.5 Å². The summed E-state index contributed by atoms with van der Waals surface area (Å²) in [5.74, 6) is -7.25. The Kier molecular flexibility index (Phi) is 33.6. The van der Waals surface area contributed by atoms with Crippen molar-refractivity contribution in [2.24, 2.45) is 29.4 Å². The lowest BCUT2D eigenvalue weighted by molar-refractivity contribution is -0.245. The molecule has 4 fully saturated rings. The number of amides is 3. The number of hydrogen-bond donors (Lipinski definition) is 10. The molecule has 6 aromatic rings. The fourth-order valence-electron chi connectivity index (χ4n) is 16.3. The molecule has 1 unspecified atom stereocenters. The van der Waals surface area contributed by atoms with Crippen molar-refractivity contribution in [3.05, 3.63) is 120 Å². The number of anilines is 5. The molecule has 13 N–H and O–H groups in total. The molecule has 1 aliphatic carbocycles. The maximum Gasteiger partial charge on any atom is 0.329 e. The number of esters is 1. The molecule has 0 spiro atoms. The normalized spacial score (nSPS) is 26.9. The zero-order valence-electron chi connectivity index (χ0n) is 71.1. The third-order valence-corrected chi connectivity index (χ3v) is 23.4. The van der Waals surface area contributed by atoms with Crippen LogP contribution in [0, 0.1) is 29.1 Å². The Morgan fingerprint density at radius 2 is 1.49 bits per heavy atom. The third kappa shape index (κ3) is 25.0. The van der Waals surface area contributed by atoms with Crippen LogP contribution in [0.5, 0.6) is 0 Å². The number of methoxy groups -OCH3 is 2. The summed E-state index contributed by atoms with van der Waals surface area (Å²) in [5, 5.41) is 61.3. The summed E-state index contributed by atoms with van der Waals surface area (Å²) in [7, 11) is 3.17. The van der Waals surface area contributed by atoms with Gasteiger partial charge in [0.2, 0.25) is 23.6 Å². The Bertz CT molecular complexity index is 4730. The van der Waals surface area contributed by atoms with Gasteiger partial charge in [-0.15, -0.1) is 5.10 Å². The van der Waals surface area contributed by atoms with Crippen LogP contribution in [-0.4, -0.2) is 264 Å². The van der Waals surface area contributed by atoms with Gasteiger partial charge in [-0.3, -0.25) is 34.2 Å². The van der Waals surface area contributed by atoms with Crippen LogP contribution in [0.3, 0.4) is 0 Å². The number of nitrogens with two attached hydrogens (primary N) is 3. The first-order chi connectivity index (χ1) is 59.2. The van der Waals surface area contributed by atoms with Crippen molar-refractivity contribution in [1.29, 1.82) is 5.41 Å². The minimum atomic E-state index is -2.47. The fraction of sp³-hybridized carbons (Fsp3) is 0.570. The zero-order chi connectivity index (χ0) is 87.9. The molecule has 3 saturated heterocycles. The van der Waals surface area contributed by atoms with Crippen molar-refractivity contribution >= 4 is 87.4 Å². The van der Waals surface area contributed by atoms with E-state index in [4.69, 9.17) is 65.4 Å². The molecule has 2 bridgehead atoms. The number of aromatic nitrogens is 10. The highest BCUT2D eigenvalue weighted by Crippen LogP contribution is 2.39. The number of unbranched alkanes of at least 4 members (excludes halogenated alkanes) is 1. The highest BCUT2D eigenvalue weighted by atomic mass is 16.6. The number of carbonyl (C=O) groups excluding carboxylic acids is 7. The molecule has 664 valence electrons. The van der Waals surface area contributed by atoms with Gasteiger partial charge in [0.1, 0.15) is 59.3 Å². The number of nitrogens with one attached hydrogen (secondary N) is 4. The number of Topliss-reactive ketones (excluding diaryl/α,β-unsaturated/α-hetero) is 3. The van der Waals surface area contributed by atoms with Gasteiger partial charge in [0, 0.05) is 146 Å². The minimum absolute atomic E-state index is 0.0110.